The summed E-state index contributed by atoms with van der Waals surface area (Å²) in [6.45, 7) is 1.37. The lowest BCUT2D eigenvalue weighted by atomic mass is 10.1. The fraction of sp³-hybridized carbons (Fsp3) is 0.455. The molecule has 0 heterocycles. The molecule has 0 amide bonds. The van der Waals surface area contributed by atoms with Crippen LogP contribution in [-0.4, -0.2) is 26.4 Å². The Balaban J connectivity index is 3.37. The second kappa shape index (κ2) is 4.89. The zero-order valence-corrected chi connectivity index (χ0v) is 9.33. The second-order valence-electron chi connectivity index (χ2n) is 3.00. The molecule has 1 aromatic rings. The van der Waals surface area contributed by atoms with E-state index >= 15 is 0 Å². The molecule has 4 nitrogen and oxygen atoms in total. The number of hydrogen-bond donors (Lipinski definition) is 1. The van der Waals surface area contributed by atoms with Gasteiger partial charge in [0.2, 0.25) is 5.75 Å². The normalized spacial score (nSPS) is 15.1. The first-order chi connectivity index (χ1) is 7.43. The van der Waals surface area contributed by atoms with Crippen molar-refractivity contribution in [2.24, 2.45) is 0 Å². The first-order valence-electron chi connectivity index (χ1n) is 4.97. The maximum absolute atomic E-state index is 9.61. The monoisotopic (exact) mass is 213 g/mol. The molecule has 0 saturated heterocycles. The predicted octanol–water partition coefficient (Wildman–Crippen LogP) is 1.77. The lowest BCUT2D eigenvalue weighted by molar-refractivity contribution is 0.198. The Morgan fingerprint density at radius 3 is 1.87 bits per heavy atom. The van der Waals surface area contributed by atoms with Crippen molar-refractivity contribution in [1.29, 1.82) is 0 Å². The molecular formula is C11H16O4. The summed E-state index contributed by atoms with van der Waals surface area (Å²) in [4.78, 5) is 0. The van der Waals surface area contributed by atoms with E-state index in [1.807, 2.05) is 0 Å². The summed E-state index contributed by atoms with van der Waals surface area (Å²) in [7, 11) is 4.47. The van der Waals surface area contributed by atoms with Crippen LogP contribution < -0.4 is 14.2 Å². The number of methoxy groups -OCH3 is 3. The van der Waals surface area contributed by atoms with Gasteiger partial charge in [-0.15, -0.1) is 0 Å². The summed E-state index contributed by atoms with van der Waals surface area (Å²) in [6.07, 6.45) is -1.70. The molecule has 0 bridgehead atoms. The molecule has 1 atom stereocenters. The number of aliphatic hydroxyl groups is 1. The maximum Gasteiger partial charge on any atom is 0.203 e. The fourth-order valence-corrected chi connectivity index (χ4v) is 1.29. The molecule has 1 N–H and O–H groups in total. The van der Waals surface area contributed by atoms with Gasteiger partial charge in [0.15, 0.2) is 11.5 Å². The number of benzene rings is 1. The van der Waals surface area contributed by atoms with Gasteiger partial charge in [-0.25, -0.2) is 0 Å². The molecule has 0 aliphatic rings. The topological polar surface area (TPSA) is 47.9 Å². The van der Waals surface area contributed by atoms with E-state index in [9.17, 15) is 5.11 Å². The zero-order chi connectivity index (χ0) is 12.3. The highest BCUT2D eigenvalue weighted by Crippen LogP contribution is 2.39. The third-order valence-electron chi connectivity index (χ3n) is 2.08. The van der Waals surface area contributed by atoms with Crippen molar-refractivity contribution in [3.8, 4) is 17.2 Å². The van der Waals surface area contributed by atoms with Crippen molar-refractivity contribution in [2.75, 3.05) is 21.3 Å². The van der Waals surface area contributed by atoms with Crippen LogP contribution in [-0.2, 0) is 0 Å². The van der Waals surface area contributed by atoms with Crippen LogP contribution in [0.2, 0.25) is 0 Å². The molecule has 1 unspecified atom stereocenters. The van der Waals surface area contributed by atoms with E-state index in [2.05, 4.69) is 0 Å². The van der Waals surface area contributed by atoms with Crippen molar-refractivity contribution in [2.45, 2.75) is 13.0 Å². The van der Waals surface area contributed by atoms with E-state index in [-0.39, 0.29) is 0 Å². The Bertz CT molecular complexity index is 346. The van der Waals surface area contributed by atoms with Crippen LogP contribution in [0.15, 0.2) is 12.1 Å². The first-order valence-corrected chi connectivity index (χ1v) is 4.47. The molecule has 0 radical (unpaired) electrons. The maximum atomic E-state index is 9.61. The largest absolute Gasteiger partial charge is 0.493 e. The Hall–Kier alpha value is -1.42. The van der Waals surface area contributed by atoms with Gasteiger partial charge in [-0.3, -0.25) is 0 Å². The number of ether oxygens (including phenoxy) is 3. The molecule has 0 saturated carbocycles. The molecule has 4 heteroatoms. The van der Waals surface area contributed by atoms with Crippen LogP contribution in [0.5, 0.6) is 17.2 Å². The van der Waals surface area contributed by atoms with Crippen LogP contribution in [0.25, 0.3) is 0 Å². The van der Waals surface area contributed by atoms with Gasteiger partial charge in [0, 0.05) is 0 Å². The van der Waals surface area contributed by atoms with Crippen molar-refractivity contribution < 1.29 is 20.7 Å². The summed E-state index contributed by atoms with van der Waals surface area (Å²) >= 11 is 0. The molecule has 0 aliphatic heterocycles. The third-order valence-corrected chi connectivity index (χ3v) is 2.08. The quantitative estimate of drug-likeness (QED) is 0.828. The van der Waals surface area contributed by atoms with Gasteiger partial charge in [0.05, 0.1) is 28.8 Å². The van der Waals surface area contributed by atoms with Crippen LogP contribution in [0.1, 0.15) is 19.9 Å². The molecule has 0 spiro atoms. The van der Waals surface area contributed by atoms with Crippen LogP contribution in [0, 0.1) is 0 Å². The van der Waals surface area contributed by atoms with Gasteiger partial charge in [0.25, 0.3) is 0 Å². The molecule has 1 rings (SSSR count). The number of hydrogen-bond acceptors (Lipinski definition) is 4. The van der Waals surface area contributed by atoms with Gasteiger partial charge >= 0.3 is 0 Å². The first kappa shape index (κ1) is 10.1. The van der Waals surface area contributed by atoms with Crippen LogP contribution in [0.3, 0.4) is 0 Å². The standard InChI is InChI=1S/C11H16O4/c1-7(12)8-5-9(13-2)11(15-4)10(6-8)14-3/h5-7,12H,1-4H3/i7D. The fourth-order valence-electron chi connectivity index (χ4n) is 1.29. The second-order valence-corrected chi connectivity index (χ2v) is 3.00. The van der Waals surface area contributed by atoms with Crippen LogP contribution in [0.4, 0.5) is 0 Å². The Kier molecular flexibility index (Phi) is 3.29. The average molecular weight is 213 g/mol. The van der Waals surface area contributed by atoms with E-state index in [4.69, 9.17) is 15.6 Å². The molecular weight excluding hydrogens is 196 g/mol. The van der Waals surface area contributed by atoms with Gasteiger partial charge in [0.1, 0.15) is 0 Å². The third kappa shape index (κ3) is 2.33. The minimum absolute atomic E-state index is 0.377. The summed E-state index contributed by atoms with van der Waals surface area (Å²) < 4.78 is 22.9. The van der Waals surface area contributed by atoms with Gasteiger partial charge in [-0.1, -0.05) is 0 Å². The van der Waals surface area contributed by atoms with Gasteiger partial charge in [-0.2, -0.15) is 0 Å². The predicted molar refractivity (Wildman–Crippen MR) is 56.7 cm³/mol. The Labute approximate surface area is 90.8 Å². The zero-order valence-electron chi connectivity index (χ0n) is 10.3. The lowest BCUT2D eigenvalue weighted by Gasteiger charge is -2.15. The highest BCUT2D eigenvalue weighted by molar-refractivity contribution is 5.54. The van der Waals surface area contributed by atoms with E-state index in [0.717, 1.165) is 0 Å². The van der Waals surface area contributed by atoms with Crippen molar-refractivity contribution >= 4 is 0 Å². The highest BCUT2D eigenvalue weighted by Gasteiger charge is 2.14. The van der Waals surface area contributed by atoms with E-state index in [1.54, 1.807) is 12.1 Å². The summed E-state index contributed by atoms with van der Waals surface area (Å²) in [6, 6.07) is 3.10. The average Bonchev–Trinajstić information content (AvgIpc) is 2.25. The lowest BCUT2D eigenvalue weighted by Crippen LogP contribution is -1.98. The van der Waals surface area contributed by atoms with E-state index in [1.165, 1.54) is 28.3 Å². The molecule has 84 valence electrons. The Morgan fingerprint density at radius 2 is 1.60 bits per heavy atom. The molecule has 0 aliphatic carbocycles. The smallest absolute Gasteiger partial charge is 0.203 e. The molecule has 1 aromatic carbocycles. The summed E-state index contributed by atoms with van der Waals surface area (Å²) in [5.41, 5.74) is 0.377. The van der Waals surface area contributed by atoms with E-state index in [0.29, 0.717) is 22.8 Å². The van der Waals surface area contributed by atoms with Crippen molar-refractivity contribution in [1.82, 2.24) is 0 Å². The minimum atomic E-state index is -1.70. The van der Waals surface area contributed by atoms with E-state index < -0.39 is 6.08 Å². The molecule has 0 fully saturated rings. The van der Waals surface area contributed by atoms with Gasteiger partial charge in [-0.05, 0) is 24.6 Å². The van der Waals surface area contributed by atoms with Crippen molar-refractivity contribution in [3.05, 3.63) is 17.7 Å². The highest BCUT2D eigenvalue weighted by atomic mass is 16.5. The number of rotatable bonds is 4. The van der Waals surface area contributed by atoms with Gasteiger partial charge < -0.3 is 19.3 Å². The summed E-state index contributed by atoms with van der Waals surface area (Å²) in [5.74, 6) is 1.28. The van der Waals surface area contributed by atoms with Crippen LogP contribution >= 0.6 is 0 Å². The Morgan fingerprint density at radius 1 is 1.13 bits per heavy atom. The molecule has 15 heavy (non-hydrogen) atoms. The molecule has 0 aromatic heterocycles. The minimum Gasteiger partial charge on any atom is -0.493 e. The van der Waals surface area contributed by atoms with Crippen molar-refractivity contribution in [3.63, 3.8) is 0 Å². The SMILES string of the molecule is [2H]C(C)(O)c1cc(OC)c(OC)c(OC)c1. The summed E-state index contributed by atoms with van der Waals surface area (Å²) in [5, 5.41) is 9.61.